The van der Waals surface area contributed by atoms with Gasteiger partial charge in [0.1, 0.15) is 17.9 Å². The number of carbonyl (C=O) groups excluding carboxylic acids is 1. The molecule has 0 aromatic heterocycles. The first kappa shape index (κ1) is 21.2. The van der Waals surface area contributed by atoms with E-state index >= 15 is 0 Å². The third-order valence-electron chi connectivity index (χ3n) is 4.45. The number of quaternary nitrogens is 1. The van der Waals surface area contributed by atoms with Gasteiger partial charge in [-0.15, -0.1) is 0 Å². The molecule has 0 aliphatic heterocycles. The summed E-state index contributed by atoms with van der Waals surface area (Å²) in [6.07, 6.45) is 0.178. The number of aliphatic hydroxyl groups excluding tert-OH is 1. The third kappa shape index (κ3) is 5.85. The van der Waals surface area contributed by atoms with Gasteiger partial charge in [0.05, 0.1) is 12.5 Å². The number of Topliss-reactive ketones (excluding diaryl/α,β-unsaturated/α-hetero) is 1. The second-order valence-electron chi connectivity index (χ2n) is 6.20. The minimum atomic E-state index is -0.563. The van der Waals surface area contributed by atoms with Crippen molar-refractivity contribution in [2.45, 2.75) is 32.4 Å². The van der Waals surface area contributed by atoms with E-state index in [1.165, 1.54) is 12.1 Å². The lowest BCUT2D eigenvalue weighted by molar-refractivity contribution is -0.697. The molecule has 4 nitrogen and oxygen atoms in total. The molecule has 0 radical (unpaired) electrons. The maximum absolute atomic E-state index is 12.6. The van der Waals surface area contributed by atoms with Gasteiger partial charge in [0.2, 0.25) is 0 Å². The minimum Gasteiger partial charge on any atom is -1.00 e. The van der Waals surface area contributed by atoms with Crippen LogP contribution >= 0.6 is 0 Å². The van der Waals surface area contributed by atoms with E-state index in [0.717, 1.165) is 12.0 Å². The number of ketones is 1. The molecule has 2 rings (SSSR count). The van der Waals surface area contributed by atoms with E-state index in [9.17, 15) is 15.0 Å². The smallest absolute Gasteiger partial charge is 0.171 e. The first-order valence-corrected chi connectivity index (χ1v) is 8.42. The summed E-state index contributed by atoms with van der Waals surface area (Å²) in [5.41, 5.74) is 1.50. The molecule has 136 valence electrons. The SMILES string of the molecule is CCC(C[NH2+]C(C)C(O)c1ccccc1)C(=O)c1ccc(O)cc1.[Cl-]. The molecule has 0 amide bonds. The number of aromatic hydroxyl groups is 1. The van der Waals surface area contributed by atoms with Crippen molar-refractivity contribution < 1.29 is 32.7 Å². The zero-order valence-corrected chi connectivity index (χ0v) is 15.4. The van der Waals surface area contributed by atoms with Crippen LogP contribution in [0.1, 0.15) is 42.3 Å². The van der Waals surface area contributed by atoms with Crippen molar-refractivity contribution >= 4 is 5.78 Å². The van der Waals surface area contributed by atoms with E-state index in [1.807, 2.05) is 49.5 Å². The van der Waals surface area contributed by atoms with Crippen molar-refractivity contribution in [2.24, 2.45) is 5.92 Å². The highest BCUT2D eigenvalue weighted by molar-refractivity contribution is 5.97. The van der Waals surface area contributed by atoms with Gasteiger partial charge in [-0.25, -0.2) is 0 Å². The molecule has 0 fully saturated rings. The summed E-state index contributed by atoms with van der Waals surface area (Å²) in [6.45, 7) is 4.59. The van der Waals surface area contributed by atoms with Crippen molar-refractivity contribution in [3.8, 4) is 5.75 Å². The lowest BCUT2D eigenvalue weighted by Crippen LogP contribution is -3.00. The highest BCUT2D eigenvalue weighted by Gasteiger charge is 2.24. The minimum absolute atomic E-state index is 0. The van der Waals surface area contributed by atoms with Crippen LogP contribution in [0.25, 0.3) is 0 Å². The maximum Gasteiger partial charge on any atom is 0.171 e. The van der Waals surface area contributed by atoms with Crippen molar-refractivity contribution in [1.82, 2.24) is 0 Å². The molecule has 4 N–H and O–H groups in total. The molecule has 0 saturated carbocycles. The summed E-state index contributed by atoms with van der Waals surface area (Å²) in [5.74, 6) is 0.126. The van der Waals surface area contributed by atoms with E-state index in [0.29, 0.717) is 12.1 Å². The number of benzene rings is 2. The average molecular weight is 364 g/mol. The van der Waals surface area contributed by atoms with Crippen LogP contribution in [-0.4, -0.2) is 28.6 Å². The van der Waals surface area contributed by atoms with Gasteiger partial charge in [-0.2, -0.15) is 0 Å². The zero-order valence-electron chi connectivity index (χ0n) is 14.6. The van der Waals surface area contributed by atoms with Gasteiger partial charge >= 0.3 is 0 Å². The van der Waals surface area contributed by atoms with Crippen LogP contribution in [-0.2, 0) is 0 Å². The standard InChI is InChI=1S/C20H25NO3.ClH/c1-3-15(20(24)17-9-11-18(22)12-10-17)13-21-14(2)19(23)16-7-5-4-6-8-16;/h4-12,14-15,19,21-23H,3,13H2,1-2H3;1H. The second kappa shape index (κ2) is 10.2. The molecule has 0 aliphatic rings. The monoisotopic (exact) mass is 363 g/mol. The molecule has 3 unspecified atom stereocenters. The van der Waals surface area contributed by atoms with Gasteiger partial charge in [-0.1, -0.05) is 37.3 Å². The number of carbonyl (C=O) groups is 1. The summed E-state index contributed by atoms with van der Waals surface area (Å²) in [6, 6.07) is 15.9. The van der Waals surface area contributed by atoms with E-state index in [-0.39, 0.29) is 35.9 Å². The van der Waals surface area contributed by atoms with Gasteiger partial charge in [0.25, 0.3) is 0 Å². The van der Waals surface area contributed by atoms with Gasteiger partial charge in [-0.3, -0.25) is 4.79 Å². The number of nitrogens with two attached hydrogens (primary N) is 1. The normalized spacial score (nSPS) is 14.2. The van der Waals surface area contributed by atoms with Crippen molar-refractivity contribution in [2.75, 3.05) is 6.54 Å². The van der Waals surface area contributed by atoms with Crippen LogP contribution < -0.4 is 17.7 Å². The Kier molecular flexibility index (Phi) is 8.62. The molecule has 0 bridgehead atoms. The van der Waals surface area contributed by atoms with Crippen LogP contribution in [0.3, 0.4) is 0 Å². The van der Waals surface area contributed by atoms with Crippen LogP contribution in [0.4, 0.5) is 0 Å². The van der Waals surface area contributed by atoms with Gasteiger partial charge in [-0.05, 0) is 43.2 Å². The molecule has 25 heavy (non-hydrogen) atoms. The van der Waals surface area contributed by atoms with Gasteiger partial charge < -0.3 is 27.9 Å². The summed E-state index contributed by atoms with van der Waals surface area (Å²) < 4.78 is 0. The van der Waals surface area contributed by atoms with Crippen LogP contribution in [0, 0.1) is 5.92 Å². The number of rotatable bonds is 8. The fraction of sp³-hybridized carbons (Fsp3) is 0.350. The molecular weight excluding hydrogens is 338 g/mol. The highest BCUT2D eigenvalue weighted by Crippen LogP contribution is 2.16. The first-order chi connectivity index (χ1) is 11.5. The predicted molar refractivity (Wildman–Crippen MR) is 93.9 cm³/mol. The first-order valence-electron chi connectivity index (χ1n) is 8.42. The van der Waals surface area contributed by atoms with E-state index in [2.05, 4.69) is 0 Å². The number of phenolic OH excluding ortho intramolecular Hbond substituents is 1. The van der Waals surface area contributed by atoms with E-state index < -0.39 is 6.10 Å². The molecule has 3 atom stereocenters. The number of hydrogen-bond donors (Lipinski definition) is 3. The van der Waals surface area contributed by atoms with E-state index in [4.69, 9.17) is 0 Å². The number of phenols is 1. The Morgan fingerprint density at radius 1 is 1.08 bits per heavy atom. The Bertz CT molecular complexity index is 646. The zero-order chi connectivity index (χ0) is 17.5. The van der Waals surface area contributed by atoms with Crippen molar-refractivity contribution in [3.05, 3.63) is 65.7 Å². The molecular formula is C20H26ClNO3. The Balaban J connectivity index is 0.00000312. The van der Waals surface area contributed by atoms with Crippen molar-refractivity contribution in [1.29, 1.82) is 0 Å². The van der Waals surface area contributed by atoms with Gasteiger partial charge in [0, 0.05) is 5.56 Å². The van der Waals surface area contributed by atoms with Crippen LogP contribution in [0.5, 0.6) is 5.75 Å². The molecule has 2 aromatic rings. The largest absolute Gasteiger partial charge is 1.00 e. The van der Waals surface area contributed by atoms with Crippen LogP contribution in [0.15, 0.2) is 54.6 Å². The predicted octanol–water partition coefficient (Wildman–Crippen LogP) is -0.709. The van der Waals surface area contributed by atoms with Crippen LogP contribution in [0.2, 0.25) is 0 Å². The molecule has 0 heterocycles. The average Bonchev–Trinajstić information content (AvgIpc) is 2.62. The molecule has 2 aromatic carbocycles. The molecule has 0 spiro atoms. The molecule has 0 saturated heterocycles. The maximum atomic E-state index is 12.6. The summed E-state index contributed by atoms with van der Waals surface area (Å²) in [5, 5.41) is 21.8. The fourth-order valence-corrected chi connectivity index (χ4v) is 2.78. The Hall–Kier alpha value is -1.88. The summed E-state index contributed by atoms with van der Waals surface area (Å²) in [7, 11) is 0. The fourth-order valence-electron chi connectivity index (χ4n) is 2.78. The Morgan fingerprint density at radius 2 is 1.68 bits per heavy atom. The Labute approximate surface area is 155 Å². The third-order valence-corrected chi connectivity index (χ3v) is 4.45. The lowest BCUT2D eigenvalue weighted by atomic mass is 9.94. The topological polar surface area (TPSA) is 74.1 Å². The van der Waals surface area contributed by atoms with E-state index in [1.54, 1.807) is 12.1 Å². The van der Waals surface area contributed by atoms with Gasteiger partial charge in [0.15, 0.2) is 5.78 Å². The summed E-state index contributed by atoms with van der Waals surface area (Å²) >= 11 is 0. The Morgan fingerprint density at radius 3 is 2.24 bits per heavy atom. The highest BCUT2D eigenvalue weighted by atomic mass is 35.5. The number of halogens is 1. The summed E-state index contributed by atoms with van der Waals surface area (Å²) in [4.78, 5) is 12.6. The molecule has 0 aliphatic carbocycles. The molecule has 5 heteroatoms. The second-order valence-corrected chi connectivity index (χ2v) is 6.20. The lowest BCUT2D eigenvalue weighted by Gasteiger charge is -2.20. The van der Waals surface area contributed by atoms with Crippen molar-refractivity contribution in [3.63, 3.8) is 0 Å². The quantitative estimate of drug-likeness (QED) is 0.542. The number of hydrogen-bond acceptors (Lipinski definition) is 3. The number of aliphatic hydroxyl groups is 1.